The molecule has 5 heteroatoms. The van der Waals surface area contributed by atoms with Gasteiger partial charge in [-0.05, 0) is 56.4 Å². The molecular weight excluding hydrogens is 326 g/mol. The van der Waals surface area contributed by atoms with Crippen LogP contribution >= 0.6 is 15.9 Å². The maximum absolute atomic E-state index is 12.3. The van der Waals surface area contributed by atoms with Crippen molar-refractivity contribution in [2.24, 2.45) is 5.92 Å². The molecule has 0 heterocycles. The molecule has 0 spiro atoms. The summed E-state index contributed by atoms with van der Waals surface area (Å²) in [6.07, 6.45) is 4.69. The highest BCUT2D eigenvalue weighted by atomic mass is 79.9. The third kappa shape index (κ3) is 3.58. The molecule has 3 nitrogen and oxygen atoms in total. The molecule has 1 unspecified atom stereocenters. The van der Waals surface area contributed by atoms with Crippen LogP contribution in [0.15, 0.2) is 27.6 Å². The fourth-order valence-electron chi connectivity index (χ4n) is 2.65. The first kappa shape index (κ1) is 15.0. The standard InChI is InChI=1S/C14H20BrNO2S/c1-10-9-13(7-8-14(10)15)19(17,18)16-11(2)12-5-3-4-6-12/h7-9,11-12,16H,3-6H2,1-2H3. The van der Waals surface area contributed by atoms with Crippen molar-refractivity contribution in [2.75, 3.05) is 0 Å². The zero-order valence-electron chi connectivity index (χ0n) is 11.3. The summed E-state index contributed by atoms with van der Waals surface area (Å²) in [7, 11) is -3.41. The third-order valence-corrected chi connectivity index (χ3v) is 6.33. The van der Waals surface area contributed by atoms with E-state index >= 15 is 0 Å². The molecule has 1 atom stereocenters. The maximum Gasteiger partial charge on any atom is 0.240 e. The van der Waals surface area contributed by atoms with Crippen molar-refractivity contribution in [3.05, 3.63) is 28.2 Å². The molecule has 1 aliphatic rings. The highest BCUT2D eigenvalue weighted by Gasteiger charge is 2.26. The van der Waals surface area contributed by atoms with E-state index in [9.17, 15) is 8.42 Å². The lowest BCUT2D eigenvalue weighted by molar-refractivity contribution is 0.424. The van der Waals surface area contributed by atoms with E-state index in [4.69, 9.17) is 0 Å². The topological polar surface area (TPSA) is 46.2 Å². The second-order valence-electron chi connectivity index (χ2n) is 5.37. The van der Waals surface area contributed by atoms with Gasteiger partial charge in [-0.3, -0.25) is 0 Å². The van der Waals surface area contributed by atoms with E-state index in [2.05, 4.69) is 20.7 Å². The van der Waals surface area contributed by atoms with Crippen molar-refractivity contribution in [3.63, 3.8) is 0 Å². The number of halogens is 1. The van der Waals surface area contributed by atoms with Crippen LogP contribution < -0.4 is 4.72 Å². The minimum Gasteiger partial charge on any atom is -0.208 e. The van der Waals surface area contributed by atoms with Crippen molar-refractivity contribution in [1.82, 2.24) is 4.72 Å². The van der Waals surface area contributed by atoms with E-state index in [1.807, 2.05) is 13.8 Å². The quantitative estimate of drug-likeness (QED) is 0.905. The second-order valence-corrected chi connectivity index (χ2v) is 7.93. The molecule has 0 amide bonds. The number of hydrogen-bond donors (Lipinski definition) is 1. The molecule has 0 radical (unpaired) electrons. The van der Waals surface area contributed by atoms with Crippen molar-refractivity contribution in [3.8, 4) is 0 Å². The van der Waals surface area contributed by atoms with Crippen LogP contribution in [0, 0.1) is 12.8 Å². The van der Waals surface area contributed by atoms with Crippen LogP contribution in [0.4, 0.5) is 0 Å². The molecule has 0 bridgehead atoms. The minimum absolute atomic E-state index is 0.0106. The molecule has 2 rings (SSSR count). The van der Waals surface area contributed by atoms with Crippen LogP contribution in [0.2, 0.25) is 0 Å². The van der Waals surface area contributed by atoms with E-state index in [1.165, 1.54) is 12.8 Å². The molecule has 1 aliphatic carbocycles. The molecule has 0 aromatic heterocycles. The summed E-state index contributed by atoms with van der Waals surface area (Å²) in [5, 5.41) is 0. The summed E-state index contributed by atoms with van der Waals surface area (Å²) in [6.45, 7) is 3.86. The van der Waals surface area contributed by atoms with Gasteiger partial charge in [-0.2, -0.15) is 0 Å². The number of sulfonamides is 1. The predicted octanol–water partition coefficient (Wildman–Crippen LogP) is 3.61. The van der Waals surface area contributed by atoms with Crippen LogP contribution in [-0.2, 0) is 10.0 Å². The lowest BCUT2D eigenvalue weighted by atomic mass is 10.0. The summed E-state index contributed by atoms with van der Waals surface area (Å²) < 4.78 is 28.4. The number of benzene rings is 1. The van der Waals surface area contributed by atoms with Crippen molar-refractivity contribution in [2.45, 2.75) is 50.5 Å². The molecule has 1 fully saturated rings. The first-order chi connectivity index (χ1) is 8.90. The predicted molar refractivity (Wildman–Crippen MR) is 80.6 cm³/mol. The average molecular weight is 346 g/mol. The Bertz CT molecular complexity index is 551. The lowest BCUT2D eigenvalue weighted by Gasteiger charge is -2.20. The van der Waals surface area contributed by atoms with Crippen molar-refractivity contribution >= 4 is 26.0 Å². The zero-order valence-corrected chi connectivity index (χ0v) is 13.7. The van der Waals surface area contributed by atoms with E-state index in [1.54, 1.807) is 18.2 Å². The maximum atomic E-state index is 12.3. The normalized spacial score (nSPS) is 18.7. The lowest BCUT2D eigenvalue weighted by Crippen LogP contribution is -2.37. The Morgan fingerprint density at radius 2 is 1.95 bits per heavy atom. The Morgan fingerprint density at radius 1 is 1.32 bits per heavy atom. The third-order valence-electron chi connectivity index (χ3n) is 3.89. The summed E-state index contributed by atoms with van der Waals surface area (Å²) in [5.74, 6) is 0.478. The highest BCUT2D eigenvalue weighted by molar-refractivity contribution is 9.10. The molecule has 0 aliphatic heterocycles. The van der Waals surface area contributed by atoms with Gasteiger partial charge >= 0.3 is 0 Å². The van der Waals surface area contributed by atoms with Crippen LogP contribution in [0.1, 0.15) is 38.2 Å². The highest BCUT2D eigenvalue weighted by Crippen LogP contribution is 2.28. The minimum atomic E-state index is -3.41. The van der Waals surface area contributed by atoms with Crippen LogP contribution in [0.25, 0.3) is 0 Å². The van der Waals surface area contributed by atoms with E-state index in [0.717, 1.165) is 22.9 Å². The first-order valence-corrected chi connectivity index (χ1v) is 8.96. The largest absolute Gasteiger partial charge is 0.240 e. The summed E-state index contributed by atoms with van der Waals surface area (Å²) >= 11 is 3.39. The molecule has 106 valence electrons. The summed E-state index contributed by atoms with van der Waals surface area (Å²) in [5.41, 5.74) is 0.927. The molecule has 1 aromatic rings. The molecule has 1 aromatic carbocycles. The molecule has 1 N–H and O–H groups in total. The Morgan fingerprint density at radius 3 is 2.53 bits per heavy atom. The van der Waals surface area contributed by atoms with E-state index < -0.39 is 10.0 Å². The van der Waals surface area contributed by atoms with Crippen LogP contribution in [0.5, 0.6) is 0 Å². The van der Waals surface area contributed by atoms with Crippen molar-refractivity contribution < 1.29 is 8.42 Å². The number of aryl methyl sites for hydroxylation is 1. The van der Waals surface area contributed by atoms with E-state index in [-0.39, 0.29) is 6.04 Å². The zero-order chi connectivity index (χ0) is 14.0. The van der Waals surface area contributed by atoms with Gasteiger partial charge in [0, 0.05) is 10.5 Å². The van der Waals surface area contributed by atoms with Gasteiger partial charge in [0.15, 0.2) is 0 Å². The Labute approximate surface area is 124 Å². The van der Waals surface area contributed by atoms with E-state index in [0.29, 0.717) is 10.8 Å². The van der Waals surface area contributed by atoms with Crippen LogP contribution in [-0.4, -0.2) is 14.5 Å². The second kappa shape index (κ2) is 5.94. The summed E-state index contributed by atoms with van der Waals surface area (Å²) in [6, 6.07) is 5.13. The molecular formula is C14H20BrNO2S. The van der Waals surface area contributed by atoms with Gasteiger partial charge in [0.05, 0.1) is 4.90 Å². The Kier molecular flexibility index (Phi) is 4.69. The Hall–Kier alpha value is -0.390. The van der Waals surface area contributed by atoms with Gasteiger partial charge in [-0.1, -0.05) is 28.8 Å². The first-order valence-electron chi connectivity index (χ1n) is 6.68. The smallest absolute Gasteiger partial charge is 0.208 e. The fraction of sp³-hybridized carbons (Fsp3) is 0.571. The fourth-order valence-corrected chi connectivity index (χ4v) is 4.29. The number of rotatable bonds is 4. The van der Waals surface area contributed by atoms with Gasteiger partial charge in [-0.15, -0.1) is 0 Å². The summed E-state index contributed by atoms with van der Waals surface area (Å²) in [4.78, 5) is 0.345. The molecule has 0 saturated heterocycles. The van der Waals surface area contributed by atoms with Crippen molar-refractivity contribution in [1.29, 1.82) is 0 Å². The average Bonchev–Trinajstić information content (AvgIpc) is 2.85. The number of nitrogens with one attached hydrogen (secondary N) is 1. The van der Waals surface area contributed by atoms with Gasteiger partial charge < -0.3 is 0 Å². The molecule has 1 saturated carbocycles. The van der Waals surface area contributed by atoms with Gasteiger partial charge in [0.2, 0.25) is 10.0 Å². The SMILES string of the molecule is Cc1cc(S(=O)(=O)NC(C)C2CCCC2)ccc1Br. The Balaban J connectivity index is 2.15. The van der Waals surface area contributed by atoms with Crippen LogP contribution in [0.3, 0.4) is 0 Å². The van der Waals surface area contributed by atoms with Gasteiger partial charge in [0.25, 0.3) is 0 Å². The van der Waals surface area contributed by atoms with Gasteiger partial charge in [0.1, 0.15) is 0 Å². The monoisotopic (exact) mass is 345 g/mol. The number of hydrogen-bond acceptors (Lipinski definition) is 2. The van der Waals surface area contributed by atoms with Gasteiger partial charge in [-0.25, -0.2) is 13.1 Å². The molecule has 19 heavy (non-hydrogen) atoms.